The van der Waals surface area contributed by atoms with Gasteiger partial charge in [0.15, 0.2) is 0 Å². The number of nitrogens with zero attached hydrogens (tertiary/aromatic N) is 1. The third kappa shape index (κ3) is 55.5. The smallest absolute Gasteiger partial charge is 0.305 e. The van der Waals surface area contributed by atoms with Gasteiger partial charge in [0.05, 0.1) is 5.75 Å². The average molecular weight is 954 g/mol. The zero-order valence-electron chi connectivity index (χ0n) is 43.3. The van der Waals surface area contributed by atoms with Crippen molar-refractivity contribution in [3.8, 4) is 47.4 Å². The van der Waals surface area contributed by atoms with Crippen LogP contribution in [0.15, 0.2) is 0 Å². The molecular formula is C58H99NO7S. The van der Waals surface area contributed by atoms with Gasteiger partial charge in [0.1, 0.15) is 13.2 Å². The van der Waals surface area contributed by atoms with E-state index >= 15 is 0 Å². The van der Waals surface area contributed by atoms with E-state index in [2.05, 4.69) is 61.2 Å². The van der Waals surface area contributed by atoms with Crippen LogP contribution in [-0.4, -0.2) is 68.4 Å². The Labute approximate surface area is 413 Å². The molecule has 0 aliphatic rings. The van der Waals surface area contributed by atoms with E-state index in [-0.39, 0.29) is 44.8 Å². The van der Waals surface area contributed by atoms with E-state index in [4.69, 9.17) is 9.47 Å². The monoisotopic (exact) mass is 954 g/mol. The third-order valence-electron chi connectivity index (χ3n) is 12.2. The van der Waals surface area contributed by atoms with Gasteiger partial charge >= 0.3 is 11.9 Å². The third-order valence-corrected chi connectivity index (χ3v) is 12.9. The number of hydrogen-bond donors (Lipinski definition) is 1. The van der Waals surface area contributed by atoms with Crippen molar-refractivity contribution in [3.63, 3.8) is 0 Å². The minimum atomic E-state index is -4.16. The molecule has 0 aromatic carbocycles. The highest BCUT2D eigenvalue weighted by molar-refractivity contribution is 7.85. The minimum absolute atomic E-state index is 0.0465. The largest absolute Gasteiger partial charge is 0.464 e. The molecule has 0 radical (unpaired) electrons. The first-order valence-electron chi connectivity index (χ1n) is 27.7. The first-order chi connectivity index (χ1) is 32.8. The summed E-state index contributed by atoms with van der Waals surface area (Å²) in [5.74, 6) is 23.8. The highest BCUT2D eigenvalue weighted by Crippen LogP contribution is 2.14. The number of carbonyl (C=O) groups is 2. The Balaban J connectivity index is 3.86. The van der Waals surface area contributed by atoms with Crippen molar-refractivity contribution >= 4 is 22.1 Å². The van der Waals surface area contributed by atoms with Crippen LogP contribution in [0.4, 0.5) is 0 Å². The van der Waals surface area contributed by atoms with Crippen molar-refractivity contribution in [2.24, 2.45) is 0 Å². The second kappa shape index (κ2) is 52.4. The van der Waals surface area contributed by atoms with E-state index in [1.165, 1.54) is 141 Å². The van der Waals surface area contributed by atoms with E-state index in [1.807, 2.05) is 0 Å². The van der Waals surface area contributed by atoms with E-state index < -0.39 is 15.9 Å². The van der Waals surface area contributed by atoms with Crippen molar-refractivity contribution in [3.05, 3.63) is 0 Å². The summed E-state index contributed by atoms with van der Waals surface area (Å²) in [4.78, 5) is 26.3. The summed E-state index contributed by atoms with van der Waals surface area (Å²) in [5.41, 5.74) is 0. The van der Waals surface area contributed by atoms with E-state index in [9.17, 15) is 22.6 Å². The van der Waals surface area contributed by atoms with Gasteiger partial charge in [-0.2, -0.15) is 8.42 Å². The molecule has 0 aromatic heterocycles. The van der Waals surface area contributed by atoms with Crippen LogP contribution in [0.3, 0.4) is 0 Å². The molecule has 0 fully saturated rings. The lowest BCUT2D eigenvalue weighted by molar-refractivity contribution is -0.144. The number of ether oxygens (including phenoxy) is 2. The Hall–Kier alpha value is -2.95. The molecular weight excluding hydrogens is 855 g/mol. The summed E-state index contributed by atoms with van der Waals surface area (Å²) < 4.78 is 42.8. The van der Waals surface area contributed by atoms with Gasteiger partial charge in [-0.1, -0.05) is 217 Å². The highest BCUT2D eigenvalue weighted by atomic mass is 32.2. The molecule has 8 nitrogen and oxygen atoms in total. The lowest BCUT2D eigenvalue weighted by Crippen LogP contribution is -2.35. The Morgan fingerprint density at radius 2 is 0.642 bits per heavy atom. The fourth-order valence-corrected chi connectivity index (χ4v) is 8.35. The molecule has 0 bridgehead atoms. The van der Waals surface area contributed by atoms with Crippen molar-refractivity contribution in [1.29, 1.82) is 0 Å². The first-order valence-corrected chi connectivity index (χ1v) is 29.3. The molecule has 0 aromatic rings. The molecule has 0 amide bonds. The average Bonchev–Trinajstić information content (AvgIpc) is 3.30. The van der Waals surface area contributed by atoms with E-state index in [0.717, 1.165) is 103 Å². The molecule has 0 heterocycles. The van der Waals surface area contributed by atoms with Gasteiger partial charge in [0.25, 0.3) is 10.1 Å². The number of unbranched alkanes of at least 4 members (excludes halogenated alkanes) is 34. The maximum absolute atomic E-state index is 12.3. The van der Waals surface area contributed by atoms with Crippen LogP contribution in [0.1, 0.15) is 271 Å². The molecule has 1 N–H and O–H groups in total. The van der Waals surface area contributed by atoms with Gasteiger partial charge < -0.3 is 9.47 Å². The zero-order valence-corrected chi connectivity index (χ0v) is 44.1. The molecule has 384 valence electrons. The van der Waals surface area contributed by atoms with Gasteiger partial charge in [-0.25, -0.2) is 0 Å². The fraction of sp³-hybridized carbons (Fsp3) is 0.828. The molecule has 0 atom stereocenters. The molecule has 0 unspecified atom stereocenters. The van der Waals surface area contributed by atoms with Crippen LogP contribution in [0.5, 0.6) is 0 Å². The highest BCUT2D eigenvalue weighted by Gasteiger charge is 2.13. The maximum atomic E-state index is 12.3. The van der Waals surface area contributed by atoms with Crippen LogP contribution in [0, 0.1) is 47.4 Å². The summed E-state index contributed by atoms with van der Waals surface area (Å²) in [6, 6.07) is 0. The van der Waals surface area contributed by atoms with Crippen LogP contribution in [0.25, 0.3) is 0 Å². The van der Waals surface area contributed by atoms with E-state index in [0.29, 0.717) is 12.8 Å². The standard InChI is InChI=1S/C58H99NO7S/c1-3-5-7-9-11-13-15-17-19-21-23-25-27-29-31-33-35-37-39-41-43-45-47-49-57(60)65-54-51-59(53-56-67(62,63)64)52-55-66-58(61)50-48-46-44-42-40-38-36-34-32-30-28-26-24-22-20-18-16-14-12-10-8-6-4-2/h3-26,35-56H2,1-2H3,(H,62,63,64). The summed E-state index contributed by atoms with van der Waals surface area (Å²) in [7, 11) is -4.16. The molecule has 0 spiro atoms. The van der Waals surface area contributed by atoms with Gasteiger partial charge in [0, 0.05) is 58.2 Å². The maximum Gasteiger partial charge on any atom is 0.305 e. The van der Waals surface area contributed by atoms with E-state index in [1.54, 1.807) is 4.90 Å². The predicted molar refractivity (Wildman–Crippen MR) is 282 cm³/mol. The van der Waals surface area contributed by atoms with Crippen molar-refractivity contribution < 1.29 is 32.0 Å². The zero-order chi connectivity index (χ0) is 48.8. The lowest BCUT2D eigenvalue weighted by Gasteiger charge is -2.21. The Bertz CT molecular complexity index is 1420. The normalized spacial score (nSPS) is 10.9. The molecule has 0 aliphatic carbocycles. The molecule has 0 saturated carbocycles. The van der Waals surface area contributed by atoms with Gasteiger partial charge in [0.2, 0.25) is 0 Å². The number of rotatable bonds is 47. The fourth-order valence-electron chi connectivity index (χ4n) is 7.86. The van der Waals surface area contributed by atoms with Gasteiger partial charge in [-0.3, -0.25) is 19.0 Å². The SMILES string of the molecule is CCCCCCCCCCCCCC#CC#CCCCCCCCCC(=O)OCCN(CCOC(=O)CCCCCCCCC#CC#CCCCCCCCCCCCCC)CCS(=O)(=O)O. The van der Waals surface area contributed by atoms with Crippen LogP contribution < -0.4 is 0 Å². The van der Waals surface area contributed by atoms with Crippen LogP contribution in [0.2, 0.25) is 0 Å². The molecule has 0 aliphatic heterocycles. The Kier molecular flexibility index (Phi) is 50.1. The van der Waals surface area contributed by atoms with Crippen LogP contribution in [-0.2, 0) is 29.2 Å². The number of hydrogen-bond acceptors (Lipinski definition) is 7. The second-order valence-electron chi connectivity index (χ2n) is 18.6. The summed E-state index contributed by atoms with van der Waals surface area (Å²) in [5, 5.41) is 0. The van der Waals surface area contributed by atoms with Crippen LogP contribution >= 0.6 is 0 Å². The Morgan fingerprint density at radius 3 is 0.910 bits per heavy atom. The molecule has 0 saturated heterocycles. The van der Waals surface area contributed by atoms with Crippen molar-refractivity contribution in [2.45, 2.75) is 271 Å². The first kappa shape index (κ1) is 64.0. The Morgan fingerprint density at radius 1 is 0.388 bits per heavy atom. The second-order valence-corrected chi connectivity index (χ2v) is 20.2. The minimum Gasteiger partial charge on any atom is -0.464 e. The molecule has 0 rings (SSSR count). The predicted octanol–water partition coefficient (Wildman–Crippen LogP) is 14.9. The van der Waals surface area contributed by atoms with Gasteiger partial charge in [-0.15, -0.1) is 0 Å². The summed E-state index contributed by atoms with van der Waals surface area (Å²) >= 11 is 0. The number of esters is 2. The van der Waals surface area contributed by atoms with Gasteiger partial charge in [-0.05, 0) is 62.2 Å². The summed E-state index contributed by atoms with van der Waals surface area (Å²) in [6.07, 6.45) is 46.2. The quantitative estimate of drug-likeness (QED) is 0.0278. The van der Waals surface area contributed by atoms with Crippen molar-refractivity contribution in [1.82, 2.24) is 4.90 Å². The number of carbonyl (C=O) groups excluding carboxylic acids is 2. The topological polar surface area (TPSA) is 110 Å². The molecule has 67 heavy (non-hydrogen) atoms. The lowest BCUT2D eigenvalue weighted by atomic mass is 10.1. The molecule has 9 heteroatoms. The van der Waals surface area contributed by atoms with Crippen molar-refractivity contribution in [2.75, 3.05) is 38.6 Å². The summed E-state index contributed by atoms with van der Waals surface area (Å²) in [6.45, 7) is 5.35.